The lowest BCUT2D eigenvalue weighted by Gasteiger charge is -2.05. The lowest BCUT2D eigenvalue weighted by atomic mass is 10.1. The number of fused-ring (bicyclic) bond motifs is 1. The number of anilines is 1. The normalized spacial score (nSPS) is 10.9. The number of benzene rings is 1. The molecular weight excluding hydrogens is 310 g/mol. The molecule has 0 spiro atoms. The Morgan fingerprint density at radius 1 is 1.30 bits per heavy atom. The van der Waals surface area contributed by atoms with Crippen LogP contribution in [0.5, 0.6) is 0 Å². The van der Waals surface area contributed by atoms with Gasteiger partial charge in [-0.15, -0.1) is 11.3 Å². The van der Waals surface area contributed by atoms with E-state index in [1.165, 1.54) is 11.3 Å². The first kappa shape index (κ1) is 15.4. The highest BCUT2D eigenvalue weighted by Gasteiger charge is 2.09. The second kappa shape index (κ2) is 6.34. The van der Waals surface area contributed by atoms with Crippen LogP contribution >= 0.6 is 11.3 Å². The van der Waals surface area contributed by atoms with Gasteiger partial charge in [0, 0.05) is 22.9 Å². The molecule has 6 heteroatoms. The first-order valence-corrected chi connectivity index (χ1v) is 8.24. The molecule has 0 saturated heterocycles. The molecule has 1 amide bonds. The fourth-order valence-corrected chi connectivity index (χ4v) is 3.09. The number of H-pyrrole nitrogens is 1. The fourth-order valence-electron chi connectivity index (χ4n) is 2.39. The molecular formula is C17H17N3O2S. The number of rotatable bonds is 4. The maximum atomic E-state index is 12.1. The Balaban J connectivity index is 1.71. The lowest BCUT2D eigenvalue weighted by Crippen LogP contribution is -2.17. The molecule has 0 aliphatic rings. The average molecular weight is 327 g/mol. The molecule has 3 aromatic rings. The van der Waals surface area contributed by atoms with Gasteiger partial charge in [-0.3, -0.25) is 9.59 Å². The van der Waals surface area contributed by atoms with E-state index in [1.807, 2.05) is 43.5 Å². The average Bonchev–Trinajstić information content (AvgIpc) is 2.90. The van der Waals surface area contributed by atoms with E-state index in [0.717, 1.165) is 22.2 Å². The standard InChI is InChI=1S/C17H17N3O2S/c1-10-3-4-12-8-13(16(22)19-14(12)7-10)5-6-15(21)20-17-18-11(2)9-23-17/h3-4,7-9H,5-6H2,1-2H3,(H,19,22)(H,18,20,21). The van der Waals surface area contributed by atoms with Crippen LogP contribution in [0, 0.1) is 13.8 Å². The molecule has 23 heavy (non-hydrogen) atoms. The van der Waals surface area contributed by atoms with Crippen LogP contribution in [0.15, 0.2) is 34.4 Å². The minimum atomic E-state index is -0.138. The van der Waals surface area contributed by atoms with Crippen molar-refractivity contribution in [3.8, 4) is 0 Å². The zero-order chi connectivity index (χ0) is 16.4. The number of hydrogen-bond donors (Lipinski definition) is 2. The van der Waals surface area contributed by atoms with Crippen molar-refractivity contribution in [2.75, 3.05) is 5.32 Å². The number of amides is 1. The zero-order valence-electron chi connectivity index (χ0n) is 13.0. The second-order valence-electron chi connectivity index (χ2n) is 5.56. The van der Waals surface area contributed by atoms with Crippen molar-refractivity contribution in [1.29, 1.82) is 0 Å². The third kappa shape index (κ3) is 3.65. The molecule has 0 bridgehead atoms. The summed E-state index contributed by atoms with van der Waals surface area (Å²) in [5.41, 5.74) is 3.28. The summed E-state index contributed by atoms with van der Waals surface area (Å²) in [5.74, 6) is -0.136. The number of thiazole rings is 1. The monoisotopic (exact) mass is 327 g/mol. The van der Waals surface area contributed by atoms with Gasteiger partial charge in [0.1, 0.15) is 0 Å². The number of carbonyl (C=O) groups excluding carboxylic acids is 1. The number of nitrogens with one attached hydrogen (secondary N) is 2. The molecule has 0 radical (unpaired) electrons. The number of aromatic amines is 1. The van der Waals surface area contributed by atoms with Crippen molar-refractivity contribution in [3.63, 3.8) is 0 Å². The molecule has 0 saturated carbocycles. The molecule has 0 aliphatic heterocycles. The summed E-state index contributed by atoms with van der Waals surface area (Å²) in [6, 6.07) is 7.77. The Kier molecular flexibility index (Phi) is 4.25. The van der Waals surface area contributed by atoms with E-state index in [4.69, 9.17) is 0 Å². The molecule has 2 aromatic heterocycles. The van der Waals surface area contributed by atoms with E-state index in [2.05, 4.69) is 15.3 Å². The largest absolute Gasteiger partial charge is 0.322 e. The van der Waals surface area contributed by atoms with Crippen molar-refractivity contribution in [1.82, 2.24) is 9.97 Å². The molecule has 118 valence electrons. The maximum absolute atomic E-state index is 12.1. The second-order valence-corrected chi connectivity index (χ2v) is 6.41. The van der Waals surface area contributed by atoms with Crippen LogP contribution in [0.2, 0.25) is 0 Å². The Labute approximate surface area is 137 Å². The summed E-state index contributed by atoms with van der Waals surface area (Å²) >= 11 is 1.39. The summed E-state index contributed by atoms with van der Waals surface area (Å²) in [7, 11) is 0. The molecule has 0 fully saturated rings. The SMILES string of the molecule is Cc1ccc2cc(CCC(=O)Nc3nc(C)cs3)c(=O)[nH]c2c1. The minimum absolute atomic E-state index is 0.136. The Bertz CT molecular complexity index is 927. The van der Waals surface area contributed by atoms with Crippen LogP contribution in [0.3, 0.4) is 0 Å². The molecule has 2 heterocycles. The molecule has 2 N–H and O–H groups in total. The first-order chi connectivity index (χ1) is 11.0. The summed E-state index contributed by atoms with van der Waals surface area (Å²) in [6.45, 7) is 3.86. The summed E-state index contributed by atoms with van der Waals surface area (Å²) < 4.78 is 0. The number of pyridine rings is 1. The van der Waals surface area contributed by atoms with Crippen molar-refractivity contribution in [3.05, 3.63) is 56.8 Å². The Morgan fingerprint density at radius 2 is 2.13 bits per heavy atom. The quantitative estimate of drug-likeness (QED) is 0.773. The van der Waals surface area contributed by atoms with Crippen LogP contribution in [0.1, 0.15) is 23.2 Å². The maximum Gasteiger partial charge on any atom is 0.251 e. The van der Waals surface area contributed by atoms with Crippen molar-refractivity contribution >= 4 is 33.3 Å². The van der Waals surface area contributed by atoms with Gasteiger partial charge in [0.15, 0.2) is 5.13 Å². The minimum Gasteiger partial charge on any atom is -0.322 e. The van der Waals surface area contributed by atoms with Gasteiger partial charge < -0.3 is 10.3 Å². The molecule has 0 aliphatic carbocycles. The highest BCUT2D eigenvalue weighted by molar-refractivity contribution is 7.13. The van der Waals surface area contributed by atoms with Gasteiger partial charge in [-0.1, -0.05) is 12.1 Å². The number of aromatic nitrogens is 2. The van der Waals surface area contributed by atoms with Gasteiger partial charge in [-0.2, -0.15) is 0 Å². The van der Waals surface area contributed by atoms with E-state index < -0.39 is 0 Å². The van der Waals surface area contributed by atoms with Gasteiger partial charge in [0.2, 0.25) is 5.91 Å². The van der Waals surface area contributed by atoms with Crippen LogP contribution in [-0.4, -0.2) is 15.9 Å². The predicted octanol–water partition coefficient (Wildman–Crippen LogP) is 3.17. The van der Waals surface area contributed by atoms with Crippen molar-refractivity contribution < 1.29 is 4.79 Å². The van der Waals surface area contributed by atoms with Gasteiger partial charge in [-0.25, -0.2) is 4.98 Å². The fraction of sp³-hybridized carbons (Fsp3) is 0.235. The lowest BCUT2D eigenvalue weighted by molar-refractivity contribution is -0.116. The van der Waals surface area contributed by atoms with Crippen LogP contribution < -0.4 is 10.9 Å². The zero-order valence-corrected chi connectivity index (χ0v) is 13.8. The summed E-state index contributed by atoms with van der Waals surface area (Å²) in [5, 5.41) is 6.20. The summed E-state index contributed by atoms with van der Waals surface area (Å²) in [6.07, 6.45) is 0.647. The van der Waals surface area contributed by atoms with Crippen LogP contribution in [-0.2, 0) is 11.2 Å². The predicted molar refractivity (Wildman–Crippen MR) is 93.1 cm³/mol. The molecule has 0 atom stereocenters. The molecule has 0 unspecified atom stereocenters. The first-order valence-electron chi connectivity index (χ1n) is 7.36. The van der Waals surface area contributed by atoms with E-state index in [-0.39, 0.29) is 17.9 Å². The smallest absolute Gasteiger partial charge is 0.251 e. The molecule has 5 nitrogen and oxygen atoms in total. The van der Waals surface area contributed by atoms with Gasteiger partial charge >= 0.3 is 0 Å². The van der Waals surface area contributed by atoms with E-state index in [9.17, 15) is 9.59 Å². The Hall–Kier alpha value is -2.47. The molecule has 1 aromatic carbocycles. The van der Waals surface area contributed by atoms with Crippen LogP contribution in [0.25, 0.3) is 10.9 Å². The Morgan fingerprint density at radius 3 is 2.87 bits per heavy atom. The summed E-state index contributed by atoms with van der Waals surface area (Å²) in [4.78, 5) is 31.1. The highest BCUT2D eigenvalue weighted by atomic mass is 32.1. The van der Waals surface area contributed by atoms with Crippen LogP contribution in [0.4, 0.5) is 5.13 Å². The van der Waals surface area contributed by atoms with Crippen molar-refractivity contribution in [2.45, 2.75) is 26.7 Å². The van der Waals surface area contributed by atoms with E-state index in [0.29, 0.717) is 17.1 Å². The third-order valence-electron chi connectivity index (χ3n) is 3.57. The van der Waals surface area contributed by atoms with Gasteiger partial charge in [-0.05, 0) is 43.4 Å². The number of nitrogens with zero attached hydrogens (tertiary/aromatic N) is 1. The van der Waals surface area contributed by atoms with Gasteiger partial charge in [0.25, 0.3) is 5.56 Å². The topological polar surface area (TPSA) is 74.8 Å². The van der Waals surface area contributed by atoms with E-state index >= 15 is 0 Å². The number of aryl methyl sites for hydroxylation is 3. The highest BCUT2D eigenvalue weighted by Crippen LogP contribution is 2.16. The van der Waals surface area contributed by atoms with E-state index in [1.54, 1.807) is 0 Å². The van der Waals surface area contributed by atoms with Crippen molar-refractivity contribution in [2.24, 2.45) is 0 Å². The molecule has 3 rings (SSSR count). The number of carbonyl (C=O) groups is 1. The number of hydrogen-bond acceptors (Lipinski definition) is 4. The third-order valence-corrected chi connectivity index (χ3v) is 4.44. The van der Waals surface area contributed by atoms with Gasteiger partial charge in [0.05, 0.1) is 5.69 Å².